The van der Waals surface area contributed by atoms with E-state index in [0.29, 0.717) is 5.02 Å². The Morgan fingerprint density at radius 3 is 2.19 bits per heavy atom. The first-order valence-electron chi connectivity index (χ1n) is 8.92. The molecule has 0 spiro atoms. The average molecular weight is 491 g/mol. The maximum atomic E-state index is 12.9. The zero-order valence-electron chi connectivity index (χ0n) is 15.9. The van der Waals surface area contributed by atoms with Gasteiger partial charge in [0.05, 0.1) is 27.4 Å². The molecule has 0 saturated heterocycles. The Bertz CT molecular complexity index is 1400. The van der Waals surface area contributed by atoms with E-state index in [1.54, 1.807) is 0 Å². The molecule has 11 heteroatoms. The number of fused-ring (bicyclic) bond motifs is 1. The Labute approximate surface area is 192 Å². The molecule has 2 amide bonds. The standard InChI is InChI=1S/C21H12Cl2N2O6S/c22-12-2-4-13(5-3-12)24-32(30,31)18-10-14(6-8-17(18)23)25-19(26)15-7-1-11(21(28)29)9-16(15)20(25)27/h1-10,24H,(H,28,29). The Balaban J connectivity index is 1.72. The number of rotatable bonds is 5. The van der Waals surface area contributed by atoms with Crippen molar-refractivity contribution in [1.82, 2.24) is 0 Å². The van der Waals surface area contributed by atoms with Crippen molar-refractivity contribution in [3.8, 4) is 0 Å². The van der Waals surface area contributed by atoms with E-state index >= 15 is 0 Å². The third-order valence-corrected chi connectivity index (χ3v) is 6.81. The fourth-order valence-electron chi connectivity index (χ4n) is 3.17. The van der Waals surface area contributed by atoms with Gasteiger partial charge in [0.15, 0.2) is 0 Å². The SMILES string of the molecule is O=C(O)c1ccc2c(c1)C(=O)N(c1ccc(Cl)c(S(=O)(=O)Nc3ccc(Cl)cc3)c1)C2=O. The van der Waals surface area contributed by atoms with Gasteiger partial charge < -0.3 is 5.11 Å². The number of anilines is 2. The molecule has 3 aromatic rings. The van der Waals surface area contributed by atoms with Crippen LogP contribution in [-0.2, 0) is 10.0 Å². The van der Waals surface area contributed by atoms with Crippen molar-refractivity contribution in [3.63, 3.8) is 0 Å². The first kappa shape index (κ1) is 21.8. The Hall–Kier alpha value is -3.40. The molecule has 2 N–H and O–H groups in total. The number of amides is 2. The monoisotopic (exact) mass is 490 g/mol. The van der Waals surface area contributed by atoms with Crippen molar-refractivity contribution >= 4 is 62.4 Å². The Morgan fingerprint density at radius 1 is 0.875 bits per heavy atom. The molecule has 4 rings (SSSR count). The second-order valence-corrected chi connectivity index (χ2v) is 9.23. The number of nitrogens with zero attached hydrogens (tertiary/aromatic N) is 1. The molecule has 1 aliphatic rings. The Kier molecular flexibility index (Phi) is 5.41. The van der Waals surface area contributed by atoms with Gasteiger partial charge in [0, 0.05) is 10.7 Å². The minimum atomic E-state index is -4.18. The molecule has 162 valence electrons. The van der Waals surface area contributed by atoms with E-state index in [1.165, 1.54) is 48.5 Å². The highest BCUT2D eigenvalue weighted by molar-refractivity contribution is 7.92. The maximum absolute atomic E-state index is 12.9. The number of hydrogen-bond donors (Lipinski definition) is 2. The van der Waals surface area contributed by atoms with Crippen LogP contribution in [-0.4, -0.2) is 31.3 Å². The van der Waals surface area contributed by atoms with E-state index < -0.39 is 27.8 Å². The van der Waals surface area contributed by atoms with E-state index in [0.717, 1.165) is 17.0 Å². The van der Waals surface area contributed by atoms with Gasteiger partial charge in [-0.1, -0.05) is 23.2 Å². The highest BCUT2D eigenvalue weighted by atomic mass is 35.5. The number of imide groups is 1. The number of carboxylic acid groups (broad SMARTS) is 1. The predicted molar refractivity (Wildman–Crippen MR) is 118 cm³/mol. The van der Waals surface area contributed by atoms with Crippen LogP contribution >= 0.6 is 23.2 Å². The Morgan fingerprint density at radius 2 is 1.53 bits per heavy atom. The number of halogens is 2. The van der Waals surface area contributed by atoms with Crippen molar-refractivity contribution < 1.29 is 27.9 Å². The van der Waals surface area contributed by atoms with E-state index in [4.69, 9.17) is 28.3 Å². The largest absolute Gasteiger partial charge is 0.478 e. The third kappa shape index (κ3) is 3.81. The molecule has 0 saturated carbocycles. The van der Waals surface area contributed by atoms with E-state index in [9.17, 15) is 22.8 Å². The van der Waals surface area contributed by atoms with Gasteiger partial charge in [0.25, 0.3) is 21.8 Å². The summed E-state index contributed by atoms with van der Waals surface area (Å²) in [5.74, 6) is -2.73. The molecule has 0 aliphatic carbocycles. The van der Waals surface area contributed by atoms with Crippen LogP contribution in [0.3, 0.4) is 0 Å². The van der Waals surface area contributed by atoms with Crippen LogP contribution < -0.4 is 9.62 Å². The van der Waals surface area contributed by atoms with Gasteiger partial charge in [-0.2, -0.15) is 0 Å². The van der Waals surface area contributed by atoms with Crippen LogP contribution in [0.2, 0.25) is 10.0 Å². The molecule has 1 heterocycles. The van der Waals surface area contributed by atoms with Crippen molar-refractivity contribution in [1.29, 1.82) is 0 Å². The van der Waals surface area contributed by atoms with Crippen LogP contribution in [0.5, 0.6) is 0 Å². The summed E-state index contributed by atoms with van der Waals surface area (Å²) >= 11 is 11.9. The molecule has 0 unspecified atom stereocenters. The van der Waals surface area contributed by atoms with Crippen LogP contribution in [0.4, 0.5) is 11.4 Å². The number of benzene rings is 3. The number of aromatic carboxylic acids is 1. The first-order chi connectivity index (χ1) is 15.1. The summed E-state index contributed by atoms with van der Waals surface area (Å²) in [6, 6.07) is 13.2. The summed E-state index contributed by atoms with van der Waals surface area (Å²) in [5.41, 5.74) is -0.0303. The minimum Gasteiger partial charge on any atom is -0.478 e. The number of carbonyl (C=O) groups excluding carboxylic acids is 2. The van der Waals surface area contributed by atoms with Crippen molar-refractivity contribution in [2.24, 2.45) is 0 Å². The molecule has 0 radical (unpaired) electrons. The van der Waals surface area contributed by atoms with Gasteiger partial charge in [-0.3, -0.25) is 14.3 Å². The number of sulfonamides is 1. The smallest absolute Gasteiger partial charge is 0.335 e. The zero-order chi connectivity index (χ0) is 23.2. The lowest BCUT2D eigenvalue weighted by molar-refractivity contribution is 0.0696. The lowest BCUT2D eigenvalue weighted by Gasteiger charge is -2.16. The van der Waals surface area contributed by atoms with Gasteiger partial charge in [-0.25, -0.2) is 18.1 Å². The van der Waals surface area contributed by atoms with Crippen molar-refractivity contribution in [3.05, 3.63) is 87.4 Å². The maximum Gasteiger partial charge on any atom is 0.335 e. The predicted octanol–water partition coefficient (Wildman–Crippen LogP) is 4.29. The van der Waals surface area contributed by atoms with Gasteiger partial charge >= 0.3 is 5.97 Å². The van der Waals surface area contributed by atoms with Gasteiger partial charge in [-0.05, 0) is 60.7 Å². The number of carbonyl (C=O) groups is 3. The van der Waals surface area contributed by atoms with Gasteiger partial charge in [-0.15, -0.1) is 0 Å². The van der Waals surface area contributed by atoms with Crippen LogP contribution in [0.25, 0.3) is 0 Å². The summed E-state index contributed by atoms with van der Waals surface area (Å²) in [5, 5.41) is 9.43. The quantitative estimate of drug-likeness (QED) is 0.514. The molecule has 32 heavy (non-hydrogen) atoms. The molecular formula is C21H12Cl2N2O6S. The van der Waals surface area contributed by atoms with E-state index in [2.05, 4.69) is 4.72 Å². The summed E-state index contributed by atoms with van der Waals surface area (Å²) in [4.78, 5) is 37.3. The average Bonchev–Trinajstić information content (AvgIpc) is 3.00. The lowest BCUT2D eigenvalue weighted by atomic mass is 10.1. The molecule has 0 bridgehead atoms. The van der Waals surface area contributed by atoms with E-state index in [-0.39, 0.29) is 38.0 Å². The molecular weight excluding hydrogens is 479 g/mol. The zero-order valence-corrected chi connectivity index (χ0v) is 18.2. The second kappa shape index (κ2) is 7.94. The number of hydrogen-bond acceptors (Lipinski definition) is 5. The first-order valence-corrected chi connectivity index (χ1v) is 11.2. The molecule has 0 atom stereocenters. The summed E-state index contributed by atoms with van der Waals surface area (Å²) in [6.45, 7) is 0. The summed E-state index contributed by atoms with van der Waals surface area (Å²) in [6.07, 6.45) is 0. The highest BCUT2D eigenvalue weighted by Crippen LogP contribution is 2.33. The fraction of sp³-hybridized carbons (Fsp3) is 0. The molecule has 3 aromatic carbocycles. The van der Waals surface area contributed by atoms with Crippen molar-refractivity contribution in [2.75, 3.05) is 9.62 Å². The number of nitrogens with one attached hydrogen (secondary N) is 1. The highest BCUT2D eigenvalue weighted by Gasteiger charge is 2.38. The summed E-state index contributed by atoms with van der Waals surface area (Å²) in [7, 11) is -4.18. The van der Waals surface area contributed by atoms with Crippen LogP contribution in [0.15, 0.2) is 65.6 Å². The van der Waals surface area contributed by atoms with E-state index in [1.807, 2.05) is 0 Å². The van der Waals surface area contributed by atoms with Gasteiger partial charge in [0.1, 0.15) is 4.90 Å². The third-order valence-electron chi connectivity index (χ3n) is 4.69. The van der Waals surface area contributed by atoms with Gasteiger partial charge in [0.2, 0.25) is 0 Å². The molecule has 8 nitrogen and oxygen atoms in total. The summed E-state index contributed by atoms with van der Waals surface area (Å²) < 4.78 is 28.1. The minimum absolute atomic E-state index is 0.0126. The van der Waals surface area contributed by atoms with Crippen LogP contribution in [0, 0.1) is 0 Å². The molecule has 1 aliphatic heterocycles. The molecule has 0 fully saturated rings. The van der Waals surface area contributed by atoms with Crippen LogP contribution in [0.1, 0.15) is 31.1 Å². The molecule has 0 aromatic heterocycles. The fourth-order valence-corrected chi connectivity index (χ4v) is 4.88. The second-order valence-electron chi connectivity index (χ2n) is 6.74. The van der Waals surface area contributed by atoms with Crippen molar-refractivity contribution in [2.45, 2.75) is 4.90 Å². The topological polar surface area (TPSA) is 121 Å². The lowest BCUT2D eigenvalue weighted by Crippen LogP contribution is -2.29. The normalized spacial score (nSPS) is 13.2. The number of carboxylic acids is 1.